The molecule has 1 saturated carbocycles. The molecule has 0 saturated heterocycles. The van der Waals surface area contributed by atoms with E-state index in [1.807, 2.05) is 24.5 Å². The van der Waals surface area contributed by atoms with Crippen LogP contribution < -0.4 is 0 Å². The molecule has 3 heteroatoms. The van der Waals surface area contributed by atoms with Gasteiger partial charge in [0.05, 0.1) is 0 Å². The molecule has 0 bridgehead atoms. The van der Waals surface area contributed by atoms with Crippen molar-refractivity contribution < 1.29 is 4.39 Å². The molecule has 0 N–H and O–H groups in total. The molecule has 1 aliphatic rings. The maximum absolute atomic E-state index is 14.9. The maximum Gasteiger partial charge on any atom is 0.159 e. The van der Waals surface area contributed by atoms with Gasteiger partial charge in [-0.25, -0.2) is 14.4 Å². The lowest BCUT2D eigenvalue weighted by molar-refractivity contribution is 0.299. The van der Waals surface area contributed by atoms with Crippen LogP contribution >= 0.6 is 0 Å². The van der Waals surface area contributed by atoms with Crippen LogP contribution in [0.4, 0.5) is 4.39 Å². The number of aryl methyl sites for hydroxylation is 1. The smallest absolute Gasteiger partial charge is 0.159 e. The molecule has 30 heavy (non-hydrogen) atoms. The zero-order valence-electron chi connectivity index (χ0n) is 19.0. The van der Waals surface area contributed by atoms with Gasteiger partial charge in [0.25, 0.3) is 0 Å². The van der Waals surface area contributed by atoms with E-state index in [9.17, 15) is 4.39 Å². The quantitative estimate of drug-likeness (QED) is 0.348. The molecule has 0 spiro atoms. The average molecular weight is 411 g/mol. The van der Waals surface area contributed by atoms with Crippen LogP contribution in [0.1, 0.15) is 108 Å². The Hall–Kier alpha value is -1.77. The van der Waals surface area contributed by atoms with Gasteiger partial charge in [-0.1, -0.05) is 70.9 Å². The van der Waals surface area contributed by atoms with Crippen molar-refractivity contribution >= 4 is 0 Å². The van der Waals surface area contributed by atoms with Crippen LogP contribution in [0.5, 0.6) is 0 Å². The summed E-state index contributed by atoms with van der Waals surface area (Å²) in [6.07, 6.45) is 19.9. The molecule has 1 heterocycles. The van der Waals surface area contributed by atoms with Crippen LogP contribution in [-0.2, 0) is 6.42 Å². The fraction of sp³-hybridized carbons (Fsp3) is 0.630. The van der Waals surface area contributed by atoms with Crippen molar-refractivity contribution in [2.45, 2.75) is 103 Å². The molecule has 0 aliphatic heterocycles. The van der Waals surface area contributed by atoms with E-state index in [-0.39, 0.29) is 5.82 Å². The van der Waals surface area contributed by atoms with E-state index in [1.165, 1.54) is 69.8 Å². The Morgan fingerprint density at radius 3 is 2.23 bits per heavy atom. The molecule has 1 aliphatic carbocycles. The Balaban J connectivity index is 1.55. The average Bonchev–Trinajstić information content (AvgIpc) is 2.78. The lowest BCUT2D eigenvalue weighted by Crippen LogP contribution is -2.14. The van der Waals surface area contributed by atoms with Crippen LogP contribution in [-0.4, -0.2) is 9.97 Å². The number of rotatable bonds is 11. The number of halogens is 1. The summed E-state index contributed by atoms with van der Waals surface area (Å²) < 4.78 is 14.9. The Bertz CT molecular complexity index is 748. The predicted molar refractivity (Wildman–Crippen MR) is 124 cm³/mol. The van der Waals surface area contributed by atoms with Crippen molar-refractivity contribution in [3.63, 3.8) is 0 Å². The topological polar surface area (TPSA) is 25.8 Å². The number of benzene rings is 1. The molecule has 3 rings (SSSR count). The predicted octanol–water partition coefficient (Wildman–Crippen LogP) is 8.26. The van der Waals surface area contributed by atoms with E-state index >= 15 is 0 Å². The van der Waals surface area contributed by atoms with Gasteiger partial charge in [-0.15, -0.1) is 0 Å². The van der Waals surface area contributed by atoms with Crippen molar-refractivity contribution in [2.75, 3.05) is 0 Å². The third-order valence-electron chi connectivity index (χ3n) is 6.79. The van der Waals surface area contributed by atoms with Crippen molar-refractivity contribution in [1.29, 1.82) is 0 Å². The zero-order valence-corrected chi connectivity index (χ0v) is 19.0. The minimum Gasteiger partial charge on any atom is -0.236 e. The summed E-state index contributed by atoms with van der Waals surface area (Å²) in [5.41, 5.74) is 2.84. The van der Waals surface area contributed by atoms with E-state index in [4.69, 9.17) is 0 Å². The highest BCUT2D eigenvalue weighted by atomic mass is 19.1. The van der Waals surface area contributed by atoms with Crippen LogP contribution in [0.25, 0.3) is 11.4 Å². The van der Waals surface area contributed by atoms with Gasteiger partial charge in [0, 0.05) is 18.0 Å². The van der Waals surface area contributed by atoms with Gasteiger partial charge in [0.2, 0.25) is 0 Å². The second kappa shape index (κ2) is 12.2. The minimum absolute atomic E-state index is 0.0887. The first-order valence-corrected chi connectivity index (χ1v) is 12.3. The summed E-state index contributed by atoms with van der Waals surface area (Å²) in [6, 6.07) is 5.62. The lowest BCUT2D eigenvalue weighted by Gasteiger charge is -2.29. The van der Waals surface area contributed by atoms with Gasteiger partial charge in [-0.3, -0.25) is 0 Å². The number of hydrogen-bond donors (Lipinski definition) is 0. The number of hydrogen-bond acceptors (Lipinski definition) is 2. The monoisotopic (exact) mass is 410 g/mol. The number of nitrogens with zero attached hydrogens (tertiary/aromatic N) is 2. The summed E-state index contributed by atoms with van der Waals surface area (Å²) in [5.74, 6) is 1.75. The van der Waals surface area contributed by atoms with Crippen molar-refractivity contribution in [3.8, 4) is 11.4 Å². The SMILES string of the molecule is CCCCCCc1cnc(-c2ccc([C@H]3CC[C@H](CCCCC)CC3)c(F)c2)nc1. The Labute approximate surface area is 182 Å². The fourth-order valence-electron chi connectivity index (χ4n) is 4.83. The summed E-state index contributed by atoms with van der Waals surface area (Å²) in [6.45, 7) is 4.49. The van der Waals surface area contributed by atoms with Crippen LogP contribution in [0.3, 0.4) is 0 Å². The third kappa shape index (κ3) is 6.62. The molecule has 1 aromatic carbocycles. The van der Waals surface area contributed by atoms with E-state index in [0.29, 0.717) is 11.7 Å². The maximum atomic E-state index is 14.9. The largest absolute Gasteiger partial charge is 0.236 e. The highest BCUT2D eigenvalue weighted by Crippen LogP contribution is 2.39. The molecule has 0 unspecified atom stereocenters. The molecule has 2 nitrogen and oxygen atoms in total. The molecule has 1 aromatic heterocycles. The third-order valence-corrected chi connectivity index (χ3v) is 6.79. The summed E-state index contributed by atoms with van der Waals surface area (Å²) >= 11 is 0. The van der Waals surface area contributed by atoms with Crippen LogP contribution in [0, 0.1) is 11.7 Å². The fourth-order valence-corrected chi connectivity index (χ4v) is 4.83. The molecular formula is C27H39FN2. The van der Waals surface area contributed by atoms with Gasteiger partial charge in [-0.2, -0.15) is 0 Å². The first-order chi connectivity index (χ1) is 14.7. The summed E-state index contributed by atoms with van der Waals surface area (Å²) in [5, 5.41) is 0. The Kier molecular flexibility index (Phi) is 9.29. The van der Waals surface area contributed by atoms with E-state index < -0.39 is 0 Å². The number of unbranched alkanes of at least 4 members (excludes halogenated alkanes) is 5. The highest BCUT2D eigenvalue weighted by molar-refractivity contribution is 5.55. The Morgan fingerprint density at radius 2 is 1.57 bits per heavy atom. The first-order valence-electron chi connectivity index (χ1n) is 12.3. The lowest BCUT2D eigenvalue weighted by atomic mass is 9.77. The molecule has 1 fully saturated rings. The van der Waals surface area contributed by atoms with Crippen LogP contribution in [0.2, 0.25) is 0 Å². The second-order valence-corrected chi connectivity index (χ2v) is 9.18. The summed E-state index contributed by atoms with van der Waals surface area (Å²) in [7, 11) is 0. The van der Waals surface area contributed by atoms with Crippen molar-refractivity contribution in [2.24, 2.45) is 5.92 Å². The van der Waals surface area contributed by atoms with Gasteiger partial charge in [-0.05, 0) is 67.6 Å². The molecular weight excluding hydrogens is 371 g/mol. The normalized spacial score (nSPS) is 19.2. The zero-order chi connectivity index (χ0) is 21.2. The standard InChI is InChI=1S/C27H39FN2/c1-3-5-7-9-11-22-19-29-27(30-20-22)24-16-17-25(26(28)18-24)23-14-12-21(13-15-23)10-8-6-4-2/h16-21,23H,3-15H2,1-2H3/t21-,23-. The van der Waals surface area contributed by atoms with Gasteiger partial charge in [0.1, 0.15) is 5.82 Å². The van der Waals surface area contributed by atoms with Gasteiger partial charge in [0.15, 0.2) is 5.82 Å². The van der Waals surface area contributed by atoms with Crippen molar-refractivity contribution in [3.05, 3.63) is 47.5 Å². The minimum atomic E-state index is -0.0887. The molecule has 164 valence electrons. The second-order valence-electron chi connectivity index (χ2n) is 9.18. The first kappa shape index (κ1) is 22.9. The summed E-state index contributed by atoms with van der Waals surface area (Å²) in [4.78, 5) is 9.00. The molecule has 0 atom stereocenters. The van der Waals surface area contributed by atoms with E-state index in [1.54, 1.807) is 6.07 Å². The van der Waals surface area contributed by atoms with Gasteiger partial charge < -0.3 is 0 Å². The van der Waals surface area contributed by atoms with Gasteiger partial charge >= 0.3 is 0 Å². The van der Waals surface area contributed by atoms with Crippen LogP contribution in [0.15, 0.2) is 30.6 Å². The van der Waals surface area contributed by atoms with Crippen molar-refractivity contribution in [1.82, 2.24) is 9.97 Å². The highest BCUT2D eigenvalue weighted by Gasteiger charge is 2.24. The number of aromatic nitrogens is 2. The molecule has 0 amide bonds. The molecule has 0 radical (unpaired) electrons. The molecule has 2 aromatic rings. The van der Waals surface area contributed by atoms with E-state index in [2.05, 4.69) is 23.8 Å². The Morgan fingerprint density at radius 1 is 0.867 bits per heavy atom. The van der Waals surface area contributed by atoms with E-state index in [0.717, 1.165) is 36.3 Å².